The first-order valence-corrected chi connectivity index (χ1v) is 7.08. The van der Waals surface area contributed by atoms with Crippen LogP contribution in [0.25, 0.3) is 11.3 Å². The van der Waals surface area contributed by atoms with Gasteiger partial charge in [0.1, 0.15) is 11.5 Å². The van der Waals surface area contributed by atoms with E-state index in [0.717, 1.165) is 11.0 Å². The summed E-state index contributed by atoms with van der Waals surface area (Å²) < 4.78 is 15.1. The molecule has 2 aromatic rings. The lowest BCUT2D eigenvalue weighted by atomic mass is 10.0. The van der Waals surface area contributed by atoms with Gasteiger partial charge in [-0.05, 0) is 18.2 Å². The predicted molar refractivity (Wildman–Crippen MR) is 79.6 cm³/mol. The van der Waals surface area contributed by atoms with Gasteiger partial charge in [0.25, 0.3) is 5.91 Å². The zero-order valence-corrected chi connectivity index (χ0v) is 12.5. The van der Waals surface area contributed by atoms with E-state index in [4.69, 9.17) is 22.4 Å². The molecule has 2 amide bonds. The Morgan fingerprint density at radius 3 is 2.65 bits per heavy atom. The molecule has 2 heterocycles. The Kier molecular flexibility index (Phi) is 3.69. The van der Waals surface area contributed by atoms with Gasteiger partial charge in [-0.1, -0.05) is 11.6 Å². The Labute approximate surface area is 135 Å². The molecule has 1 aromatic heterocycles. The molecule has 120 valence electrons. The third-order valence-corrected chi connectivity index (χ3v) is 3.85. The molecule has 0 unspecified atom stereocenters. The fraction of sp³-hybridized carbons (Fsp3) is 0.214. The van der Waals surface area contributed by atoms with Crippen LogP contribution in [0.1, 0.15) is 16.1 Å². The van der Waals surface area contributed by atoms with E-state index in [1.165, 1.54) is 16.8 Å². The fourth-order valence-electron chi connectivity index (χ4n) is 2.63. The molecule has 1 aliphatic rings. The highest BCUT2D eigenvalue weighted by atomic mass is 35.5. The molecule has 9 heteroatoms. The molecule has 7 nitrogen and oxygen atoms in total. The highest BCUT2D eigenvalue weighted by molar-refractivity contribution is 6.30. The predicted octanol–water partition coefficient (Wildman–Crippen LogP) is 1.94. The maximum absolute atomic E-state index is 13.6. The number of rotatable bonds is 2. The second-order valence-electron chi connectivity index (χ2n) is 5.12. The van der Waals surface area contributed by atoms with E-state index in [0.29, 0.717) is 11.3 Å². The number of hydrogen-bond donors (Lipinski definition) is 2. The zero-order valence-electron chi connectivity index (χ0n) is 11.8. The van der Waals surface area contributed by atoms with Crippen molar-refractivity contribution in [3.8, 4) is 11.3 Å². The van der Waals surface area contributed by atoms with Gasteiger partial charge in [-0.25, -0.2) is 9.18 Å². The van der Waals surface area contributed by atoms with Gasteiger partial charge in [-0.15, -0.1) is 0 Å². The molecule has 0 spiro atoms. The van der Waals surface area contributed by atoms with Gasteiger partial charge >= 0.3 is 6.09 Å². The van der Waals surface area contributed by atoms with E-state index in [2.05, 4.69) is 5.10 Å². The number of nitrogens with two attached hydrogens (primary N) is 1. The molecule has 0 saturated heterocycles. The van der Waals surface area contributed by atoms with Crippen LogP contribution in [-0.4, -0.2) is 38.3 Å². The Bertz CT molecular complexity index is 800. The van der Waals surface area contributed by atoms with Crippen molar-refractivity contribution in [1.82, 2.24) is 14.7 Å². The van der Waals surface area contributed by atoms with Gasteiger partial charge < -0.3 is 15.7 Å². The number of halogens is 2. The van der Waals surface area contributed by atoms with Crippen molar-refractivity contribution in [1.29, 1.82) is 0 Å². The van der Waals surface area contributed by atoms with Gasteiger partial charge in [0.15, 0.2) is 0 Å². The Morgan fingerprint density at radius 2 is 2.04 bits per heavy atom. The normalized spacial score (nSPS) is 13.7. The lowest BCUT2D eigenvalue weighted by Gasteiger charge is -2.25. The van der Waals surface area contributed by atoms with Crippen molar-refractivity contribution >= 4 is 23.6 Å². The number of nitrogens with zero attached hydrogens (tertiary/aromatic N) is 3. The van der Waals surface area contributed by atoms with Crippen LogP contribution < -0.4 is 5.73 Å². The molecule has 3 rings (SSSR count). The summed E-state index contributed by atoms with van der Waals surface area (Å²) in [5, 5.41) is 13.6. The highest BCUT2D eigenvalue weighted by Crippen LogP contribution is 2.30. The van der Waals surface area contributed by atoms with Crippen molar-refractivity contribution in [3.63, 3.8) is 0 Å². The summed E-state index contributed by atoms with van der Waals surface area (Å²) >= 11 is 5.85. The van der Waals surface area contributed by atoms with Crippen LogP contribution in [0.4, 0.5) is 9.18 Å². The molecule has 23 heavy (non-hydrogen) atoms. The van der Waals surface area contributed by atoms with Crippen molar-refractivity contribution < 1.29 is 19.1 Å². The molecule has 0 bridgehead atoms. The summed E-state index contributed by atoms with van der Waals surface area (Å²) in [6, 6.07) is 3.80. The molecule has 0 atom stereocenters. The summed E-state index contributed by atoms with van der Waals surface area (Å²) in [5.74, 6) is -1.32. The topological polar surface area (TPSA) is 101 Å². The minimum absolute atomic E-state index is 0.0103. The number of carboxylic acid groups (broad SMARTS) is 1. The van der Waals surface area contributed by atoms with E-state index >= 15 is 0 Å². The number of aromatic nitrogens is 2. The first-order chi connectivity index (χ1) is 10.9. The highest BCUT2D eigenvalue weighted by Gasteiger charge is 2.29. The van der Waals surface area contributed by atoms with E-state index in [1.807, 2.05) is 0 Å². The lowest BCUT2D eigenvalue weighted by Crippen LogP contribution is -2.38. The summed E-state index contributed by atoms with van der Waals surface area (Å²) in [4.78, 5) is 24.1. The minimum Gasteiger partial charge on any atom is -0.465 e. The van der Waals surface area contributed by atoms with Gasteiger partial charge in [0, 0.05) is 17.1 Å². The summed E-state index contributed by atoms with van der Waals surface area (Å²) in [5.41, 5.74) is 6.41. The quantitative estimate of drug-likeness (QED) is 0.873. The summed E-state index contributed by atoms with van der Waals surface area (Å²) in [6.45, 7) is 0.514. The number of amides is 2. The van der Waals surface area contributed by atoms with Crippen LogP contribution in [0.15, 0.2) is 18.2 Å². The van der Waals surface area contributed by atoms with Gasteiger partial charge in [-0.3, -0.25) is 9.48 Å². The van der Waals surface area contributed by atoms with E-state index in [9.17, 15) is 14.0 Å². The lowest BCUT2D eigenvalue weighted by molar-refractivity contribution is 0.0993. The maximum Gasteiger partial charge on any atom is 0.407 e. The Morgan fingerprint density at radius 1 is 1.30 bits per heavy atom. The van der Waals surface area contributed by atoms with E-state index < -0.39 is 17.8 Å². The molecule has 0 saturated carbocycles. The third kappa shape index (κ3) is 2.72. The monoisotopic (exact) mass is 338 g/mol. The first kappa shape index (κ1) is 15.3. The SMILES string of the molecule is NC(=O)c1c(-c2cc(F)cc(Cl)c2)nn2c1CN(C(=O)O)CC2. The number of hydrogen-bond acceptors (Lipinski definition) is 3. The minimum atomic E-state index is -1.09. The standard InChI is InChI=1S/C14H12ClFN4O3/c15-8-3-7(4-9(16)5-8)12-11(13(17)21)10-6-19(14(22)23)1-2-20(10)18-12/h3-5H,1-2,6H2,(H2,17,21)(H,22,23). The number of benzene rings is 1. The smallest absolute Gasteiger partial charge is 0.407 e. The Hall–Kier alpha value is -2.61. The Balaban J connectivity index is 2.16. The van der Waals surface area contributed by atoms with Crippen LogP contribution in [0.3, 0.4) is 0 Å². The first-order valence-electron chi connectivity index (χ1n) is 6.70. The molecule has 0 radical (unpaired) electrons. The molecule has 1 aliphatic heterocycles. The number of carbonyl (C=O) groups excluding carboxylic acids is 1. The van der Waals surface area contributed by atoms with Crippen molar-refractivity contribution in [2.75, 3.05) is 6.54 Å². The van der Waals surface area contributed by atoms with Gasteiger partial charge in [0.05, 0.1) is 24.3 Å². The fourth-order valence-corrected chi connectivity index (χ4v) is 2.85. The average molecular weight is 339 g/mol. The number of carbonyl (C=O) groups is 2. The van der Waals surface area contributed by atoms with Crippen LogP contribution >= 0.6 is 11.6 Å². The van der Waals surface area contributed by atoms with E-state index in [1.54, 1.807) is 0 Å². The third-order valence-electron chi connectivity index (χ3n) is 3.63. The van der Waals surface area contributed by atoms with Crippen molar-refractivity contribution in [3.05, 3.63) is 40.3 Å². The van der Waals surface area contributed by atoms with Crippen molar-refractivity contribution in [2.45, 2.75) is 13.1 Å². The van der Waals surface area contributed by atoms with Gasteiger partial charge in [-0.2, -0.15) is 5.10 Å². The largest absolute Gasteiger partial charge is 0.465 e. The molecule has 0 aliphatic carbocycles. The molecule has 1 aromatic carbocycles. The zero-order chi connectivity index (χ0) is 16.7. The van der Waals surface area contributed by atoms with Crippen LogP contribution in [0.2, 0.25) is 5.02 Å². The molecular weight excluding hydrogens is 327 g/mol. The van der Waals surface area contributed by atoms with Gasteiger partial charge in [0.2, 0.25) is 0 Å². The average Bonchev–Trinajstić information content (AvgIpc) is 2.84. The van der Waals surface area contributed by atoms with E-state index in [-0.39, 0.29) is 35.9 Å². The second-order valence-corrected chi connectivity index (χ2v) is 5.56. The molecule has 0 fully saturated rings. The second kappa shape index (κ2) is 5.54. The van der Waals surface area contributed by atoms with Crippen LogP contribution in [0, 0.1) is 5.82 Å². The van der Waals surface area contributed by atoms with Crippen LogP contribution in [-0.2, 0) is 13.1 Å². The van der Waals surface area contributed by atoms with Crippen molar-refractivity contribution in [2.24, 2.45) is 5.73 Å². The summed E-state index contributed by atoms with van der Waals surface area (Å²) in [6.07, 6.45) is -1.09. The number of fused-ring (bicyclic) bond motifs is 1. The molecular formula is C14H12ClFN4O3. The van der Waals surface area contributed by atoms with Crippen LogP contribution in [0.5, 0.6) is 0 Å². The number of primary amides is 1. The maximum atomic E-state index is 13.6. The molecule has 3 N–H and O–H groups in total. The summed E-state index contributed by atoms with van der Waals surface area (Å²) in [7, 11) is 0.